The van der Waals surface area contributed by atoms with Crippen LogP contribution in [0.15, 0.2) is 12.3 Å². The maximum absolute atomic E-state index is 11.3. The van der Waals surface area contributed by atoms with Crippen molar-refractivity contribution < 1.29 is 9.53 Å². The molecule has 0 fully saturated rings. The zero-order valence-corrected chi connectivity index (χ0v) is 9.69. The first kappa shape index (κ1) is 12.4. The Kier molecular flexibility index (Phi) is 5.25. The van der Waals surface area contributed by atoms with E-state index in [-0.39, 0.29) is 18.5 Å². The molecule has 0 aliphatic heterocycles. The monoisotopic (exact) mass is 223 g/mol. The van der Waals surface area contributed by atoms with Crippen molar-refractivity contribution in [2.24, 2.45) is 0 Å². The van der Waals surface area contributed by atoms with E-state index in [9.17, 15) is 4.79 Å². The van der Waals surface area contributed by atoms with E-state index in [1.165, 1.54) is 0 Å². The van der Waals surface area contributed by atoms with E-state index in [2.05, 4.69) is 22.2 Å². The first-order chi connectivity index (χ1) is 7.72. The normalized spacial score (nSPS) is 9.88. The van der Waals surface area contributed by atoms with Crippen molar-refractivity contribution >= 4 is 5.91 Å². The highest BCUT2D eigenvalue weighted by Gasteiger charge is 2.03. The first-order valence-corrected chi connectivity index (χ1v) is 5.41. The summed E-state index contributed by atoms with van der Waals surface area (Å²) in [5.74, 6) is -0.140. The highest BCUT2D eigenvalue weighted by molar-refractivity contribution is 5.77. The van der Waals surface area contributed by atoms with Crippen LogP contribution >= 0.6 is 0 Å². The summed E-state index contributed by atoms with van der Waals surface area (Å²) in [5.41, 5.74) is 0.816. The van der Waals surface area contributed by atoms with Crippen molar-refractivity contribution in [3.63, 3.8) is 0 Å². The van der Waals surface area contributed by atoms with Gasteiger partial charge in [0.25, 0.3) is 5.91 Å². The van der Waals surface area contributed by atoms with Gasteiger partial charge in [-0.15, -0.1) is 0 Å². The predicted octanol–water partition coefficient (Wildman–Crippen LogP) is 1.08. The molecule has 0 saturated carbocycles. The minimum atomic E-state index is -0.140. The van der Waals surface area contributed by atoms with Crippen LogP contribution in [0.25, 0.3) is 0 Å². The number of ether oxygens (including phenoxy) is 1. The molecule has 0 bridgehead atoms. The SMILES string of the molecule is CCCCNC(=O)COc1nccc(C)n1. The highest BCUT2D eigenvalue weighted by atomic mass is 16.5. The van der Waals surface area contributed by atoms with Gasteiger partial charge in [-0.1, -0.05) is 13.3 Å². The van der Waals surface area contributed by atoms with Crippen LogP contribution < -0.4 is 10.1 Å². The number of hydrogen-bond acceptors (Lipinski definition) is 4. The van der Waals surface area contributed by atoms with Crippen molar-refractivity contribution in [2.75, 3.05) is 13.2 Å². The second kappa shape index (κ2) is 6.76. The van der Waals surface area contributed by atoms with E-state index in [4.69, 9.17) is 4.74 Å². The molecule has 5 nitrogen and oxygen atoms in total. The number of rotatable bonds is 6. The first-order valence-electron chi connectivity index (χ1n) is 5.41. The second-order valence-electron chi connectivity index (χ2n) is 3.47. The molecule has 1 aromatic rings. The Hall–Kier alpha value is -1.65. The molecule has 1 aromatic heterocycles. The average molecular weight is 223 g/mol. The zero-order chi connectivity index (χ0) is 11.8. The van der Waals surface area contributed by atoms with Crippen LogP contribution in [0.4, 0.5) is 0 Å². The number of aryl methyl sites for hydroxylation is 1. The third-order valence-corrected chi connectivity index (χ3v) is 1.96. The molecule has 0 saturated heterocycles. The van der Waals surface area contributed by atoms with Crippen LogP contribution in [-0.4, -0.2) is 29.0 Å². The molecule has 1 amide bonds. The molecule has 1 rings (SSSR count). The Morgan fingerprint density at radius 1 is 1.56 bits per heavy atom. The molecule has 0 unspecified atom stereocenters. The van der Waals surface area contributed by atoms with Crippen LogP contribution in [0.1, 0.15) is 25.5 Å². The molecule has 5 heteroatoms. The van der Waals surface area contributed by atoms with E-state index in [1.807, 2.05) is 6.92 Å². The van der Waals surface area contributed by atoms with Crippen molar-refractivity contribution in [3.05, 3.63) is 18.0 Å². The summed E-state index contributed by atoms with van der Waals surface area (Å²) in [4.78, 5) is 19.2. The fourth-order valence-corrected chi connectivity index (χ4v) is 1.08. The molecule has 0 aliphatic carbocycles. The third-order valence-electron chi connectivity index (χ3n) is 1.96. The van der Waals surface area contributed by atoms with Crippen molar-refractivity contribution in [1.29, 1.82) is 0 Å². The number of aromatic nitrogens is 2. The summed E-state index contributed by atoms with van der Waals surface area (Å²) in [6.45, 7) is 4.57. The van der Waals surface area contributed by atoms with Gasteiger partial charge in [0.1, 0.15) is 0 Å². The summed E-state index contributed by atoms with van der Waals surface area (Å²) >= 11 is 0. The van der Waals surface area contributed by atoms with Gasteiger partial charge in [-0.05, 0) is 19.4 Å². The number of amides is 1. The Morgan fingerprint density at radius 3 is 3.06 bits per heavy atom. The van der Waals surface area contributed by atoms with E-state index < -0.39 is 0 Å². The lowest BCUT2D eigenvalue weighted by atomic mass is 10.3. The van der Waals surface area contributed by atoms with Crippen molar-refractivity contribution in [1.82, 2.24) is 15.3 Å². The number of nitrogens with one attached hydrogen (secondary N) is 1. The largest absolute Gasteiger partial charge is 0.453 e. The smallest absolute Gasteiger partial charge is 0.317 e. The van der Waals surface area contributed by atoms with Gasteiger partial charge in [0.2, 0.25) is 0 Å². The molecular weight excluding hydrogens is 206 g/mol. The van der Waals surface area contributed by atoms with Crippen molar-refractivity contribution in [3.8, 4) is 6.01 Å². The van der Waals surface area contributed by atoms with Gasteiger partial charge in [-0.2, -0.15) is 0 Å². The van der Waals surface area contributed by atoms with Crippen LogP contribution in [0.3, 0.4) is 0 Å². The van der Waals surface area contributed by atoms with E-state index in [0.29, 0.717) is 6.54 Å². The minimum absolute atomic E-state index is 0.0346. The second-order valence-corrected chi connectivity index (χ2v) is 3.47. The highest BCUT2D eigenvalue weighted by Crippen LogP contribution is 2.00. The van der Waals surface area contributed by atoms with Gasteiger partial charge in [0.05, 0.1) is 0 Å². The lowest BCUT2D eigenvalue weighted by Gasteiger charge is -2.05. The van der Waals surface area contributed by atoms with E-state index in [0.717, 1.165) is 18.5 Å². The average Bonchev–Trinajstić information content (AvgIpc) is 2.27. The molecule has 0 aromatic carbocycles. The molecule has 0 spiro atoms. The molecular formula is C11H17N3O2. The van der Waals surface area contributed by atoms with E-state index >= 15 is 0 Å². The van der Waals surface area contributed by atoms with Crippen LogP contribution in [-0.2, 0) is 4.79 Å². The molecule has 16 heavy (non-hydrogen) atoms. The Bertz CT molecular complexity index is 342. The molecule has 0 radical (unpaired) electrons. The lowest BCUT2D eigenvalue weighted by molar-refractivity contribution is -0.123. The summed E-state index contributed by atoms with van der Waals surface area (Å²) in [7, 11) is 0. The molecule has 0 atom stereocenters. The zero-order valence-electron chi connectivity index (χ0n) is 9.69. The topological polar surface area (TPSA) is 64.1 Å². The standard InChI is InChI=1S/C11H17N3O2/c1-3-4-6-12-10(15)8-16-11-13-7-5-9(2)14-11/h5,7H,3-4,6,8H2,1-2H3,(H,12,15). The van der Waals surface area contributed by atoms with Crippen LogP contribution in [0, 0.1) is 6.92 Å². The molecule has 88 valence electrons. The molecule has 1 N–H and O–H groups in total. The van der Waals surface area contributed by atoms with Gasteiger partial charge >= 0.3 is 6.01 Å². The summed E-state index contributed by atoms with van der Waals surface area (Å²) in [6, 6.07) is 2.01. The van der Waals surface area contributed by atoms with Gasteiger partial charge in [0, 0.05) is 18.4 Å². The number of unbranched alkanes of at least 4 members (excludes halogenated alkanes) is 1. The molecule has 1 heterocycles. The van der Waals surface area contributed by atoms with Gasteiger partial charge in [-0.3, -0.25) is 4.79 Å². The number of nitrogens with zero attached hydrogens (tertiary/aromatic N) is 2. The molecule has 0 aliphatic rings. The predicted molar refractivity (Wildman–Crippen MR) is 60.2 cm³/mol. The van der Waals surface area contributed by atoms with E-state index in [1.54, 1.807) is 12.3 Å². The van der Waals surface area contributed by atoms with Crippen LogP contribution in [0.2, 0.25) is 0 Å². The maximum atomic E-state index is 11.3. The minimum Gasteiger partial charge on any atom is -0.453 e. The third kappa shape index (κ3) is 4.72. The van der Waals surface area contributed by atoms with Gasteiger partial charge in [-0.25, -0.2) is 9.97 Å². The van der Waals surface area contributed by atoms with Crippen LogP contribution in [0.5, 0.6) is 6.01 Å². The number of carbonyl (C=O) groups excluding carboxylic acids is 1. The number of carbonyl (C=O) groups is 1. The number of hydrogen-bond donors (Lipinski definition) is 1. The summed E-state index contributed by atoms with van der Waals surface area (Å²) in [6.07, 6.45) is 3.64. The van der Waals surface area contributed by atoms with Gasteiger partial charge < -0.3 is 10.1 Å². The Balaban J connectivity index is 2.26. The Morgan fingerprint density at radius 2 is 2.38 bits per heavy atom. The maximum Gasteiger partial charge on any atom is 0.317 e. The van der Waals surface area contributed by atoms with Crippen molar-refractivity contribution in [2.45, 2.75) is 26.7 Å². The summed E-state index contributed by atoms with van der Waals surface area (Å²) < 4.78 is 5.15. The fourth-order valence-electron chi connectivity index (χ4n) is 1.08. The summed E-state index contributed by atoms with van der Waals surface area (Å²) in [5, 5.41) is 2.75. The Labute approximate surface area is 95.3 Å². The lowest BCUT2D eigenvalue weighted by Crippen LogP contribution is -2.29. The quantitative estimate of drug-likeness (QED) is 0.733. The fraction of sp³-hybridized carbons (Fsp3) is 0.545. The van der Waals surface area contributed by atoms with Gasteiger partial charge in [0.15, 0.2) is 6.61 Å².